The fourth-order valence-electron chi connectivity index (χ4n) is 1.26. The molecule has 2 aromatic rings. The van der Waals surface area contributed by atoms with Gasteiger partial charge in [-0.25, -0.2) is 4.98 Å². The molecule has 3 nitrogen and oxygen atoms in total. The molecule has 0 bridgehead atoms. The summed E-state index contributed by atoms with van der Waals surface area (Å²) in [5.74, 6) is 0. The van der Waals surface area contributed by atoms with Gasteiger partial charge >= 0.3 is 6.18 Å². The maximum absolute atomic E-state index is 12.4. The molecular weight excluding hydrogens is 221 g/mol. The molecule has 2 rings (SSSR count). The zero-order valence-electron chi connectivity index (χ0n) is 7.82. The van der Waals surface area contributed by atoms with Gasteiger partial charge in [0.1, 0.15) is 0 Å². The maximum atomic E-state index is 12.4. The van der Waals surface area contributed by atoms with E-state index in [4.69, 9.17) is 0 Å². The molecule has 16 heavy (non-hydrogen) atoms. The molecule has 1 aromatic carbocycles. The third kappa shape index (κ3) is 2.00. The van der Waals surface area contributed by atoms with E-state index in [2.05, 4.69) is 9.97 Å². The minimum Gasteiger partial charge on any atom is -0.266 e. The summed E-state index contributed by atoms with van der Waals surface area (Å²) >= 11 is 0. The van der Waals surface area contributed by atoms with Gasteiger partial charge in [0.15, 0.2) is 0 Å². The molecule has 0 saturated carbocycles. The SMILES string of the molecule is O=c1cncc2cc(C(F)(F)F)ccc2n1. The Labute approximate surface area is 87.6 Å². The number of halogens is 3. The van der Waals surface area contributed by atoms with Crippen molar-refractivity contribution in [2.75, 3.05) is 0 Å². The van der Waals surface area contributed by atoms with Gasteiger partial charge in [-0.2, -0.15) is 13.2 Å². The Bertz CT molecular complexity index is 595. The van der Waals surface area contributed by atoms with Crippen LogP contribution >= 0.6 is 0 Å². The molecule has 1 aromatic heterocycles. The van der Waals surface area contributed by atoms with E-state index in [1.807, 2.05) is 0 Å². The molecule has 0 radical (unpaired) electrons. The van der Waals surface area contributed by atoms with Gasteiger partial charge in [-0.15, -0.1) is 0 Å². The van der Waals surface area contributed by atoms with Crippen molar-refractivity contribution >= 4 is 10.9 Å². The van der Waals surface area contributed by atoms with Crippen LogP contribution in [0, 0.1) is 0 Å². The third-order valence-corrected chi connectivity index (χ3v) is 1.98. The summed E-state index contributed by atoms with van der Waals surface area (Å²) in [6.07, 6.45) is -2.28. The molecule has 1 heterocycles. The quantitative estimate of drug-likeness (QED) is 0.690. The topological polar surface area (TPSA) is 42.9 Å². The Kier molecular flexibility index (Phi) is 2.34. The first-order chi connectivity index (χ1) is 7.47. The molecule has 0 aliphatic rings. The van der Waals surface area contributed by atoms with Crippen LogP contribution < -0.4 is 5.56 Å². The standard InChI is InChI=1S/C10H5F3N2O/c11-10(12,13)7-1-2-8-6(3-7)4-14-5-9(16)15-8/h1-5H. The van der Waals surface area contributed by atoms with E-state index in [-0.39, 0.29) is 10.9 Å². The van der Waals surface area contributed by atoms with Crippen molar-refractivity contribution in [1.82, 2.24) is 9.97 Å². The van der Waals surface area contributed by atoms with Gasteiger partial charge in [0, 0.05) is 11.6 Å². The number of nitrogens with zero attached hydrogens (tertiary/aromatic N) is 2. The van der Waals surface area contributed by atoms with Gasteiger partial charge in [-0.1, -0.05) is 0 Å². The van der Waals surface area contributed by atoms with Crippen molar-refractivity contribution in [1.29, 1.82) is 0 Å². The second-order valence-electron chi connectivity index (χ2n) is 3.13. The van der Waals surface area contributed by atoms with Crippen LogP contribution in [0.25, 0.3) is 10.9 Å². The van der Waals surface area contributed by atoms with Gasteiger partial charge < -0.3 is 0 Å². The summed E-state index contributed by atoms with van der Waals surface area (Å²) in [5, 5.41) is 0.178. The van der Waals surface area contributed by atoms with E-state index in [0.29, 0.717) is 0 Å². The zero-order chi connectivity index (χ0) is 11.8. The highest BCUT2D eigenvalue weighted by atomic mass is 19.4. The van der Waals surface area contributed by atoms with Crippen molar-refractivity contribution in [3.8, 4) is 0 Å². The summed E-state index contributed by atoms with van der Waals surface area (Å²) < 4.78 is 37.2. The van der Waals surface area contributed by atoms with Gasteiger partial charge in [0.2, 0.25) is 0 Å². The lowest BCUT2D eigenvalue weighted by atomic mass is 10.1. The van der Waals surface area contributed by atoms with Crippen LogP contribution in [0.5, 0.6) is 0 Å². The summed E-state index contributed by atoms with van der Waals surface area (Å²) in [6.45, 7) is 0. The van der Waals surface area contributed by atoms with Crippen LogP contribution in [0.15, 0.2) is 35.4 Å². The minimum atomic E-state index is -4.41. The first-order valence-electron chi connectivity index (χ1n) is 4.30. The Morgan fingerprint density at radius 1 is 1.12 bits per heavy atom. The van der Waals surface area contributed by atoms with Crippen LogP contribution in [0.3, 0.4) is 0 Å². The number of aromatic nitrogens is 2. The highest BCUT2D eigenvalue weighted by Crippen LogP contribution is 2.30. The number of rotatable bonds is 0. The lowest BCUT2D eigenvalue weighted by Gasteiger charge is -2.05. The molecule has 0 unspecified atom stereocenters. The van der Waals surface area contributed by atoms with Crippen LogP contribution in [-0.4, -0.2) is 9.97 Å². The zero-order valence-corrected chi connectivity index (χ0v) is 7.82. The van der Waals surface area contributed by atoms with Crippen LogP contribution in [0.1, 0.15) is 5.56 Å². The second-order valence-corrected chi connectivity index (χ2v) is 3.13. The monoisotopic (exact) mass is 226 g/mol. The molecule has 0 saturated heterocycles. The van der Waals surface area contributed by atoms with E-state index in [9.17, 15) is 18.0 Å². The number of fused-ring (bicyclic) bond motifs is 1. The van der Waals surface area contributed by atoms with E-state index >= 15 is 0 Å². The van der Waals surface area contributed by atoms with Gasteiger partial charge in [0.25, 0.3) is 5.56 Å². The predicted molar refractivity (Wildman–Crippen MR) is 50.8 cm³/mol. The maximum Gasteiger partial charge on any atom is 0.416 e. The van der Waals surface area contributed by atoms with E-state index in [1.54, 1.807) is 0 Å². The second kappa shape index (κ2) is 3.55. The predicted octanol–water partition coefficient (Wildman–Crippen LogP) is 2.01. The lowest BCUT2D eigenvalue weighted by molar-refractivity contribution is -0.137. The molecular formula is C10H5F3N2O. The van der Waals surface area contributed by atoms with E-state index in [1.165, 1.54) is 6.20 Å². The number of hydrogen-bond donors (Lipinski definition) is 0. The average molecular weight is 226 g/mol. The Morgan fingerprint density at radius 3 is 2.56 bits per heavy atom. The molecule has 0 N–H and O–H groups in total. The molecule has 82 valence electrons. The molecule has 0 aliphatic carbocycles. The first kappa shape index (κ1) is 10.5. The van der Waals surface area contributed by atoms with Crippen molar-refractivity contribution in [3.63, 3.8) is 0 Å². The summed E-state index contributed by atoms with van der Waals surface area (Å²) in [5.41, 5.74) is -1.19. The van der Waals surface area contributed by atoms with Crippen molar-refractivity contribution < 1.29 is 13.2 Å². The summed E-state index contributed by atoms with van der Waals surface area (Å²) in [4.78, 5) is 18.1. The average Bonchev–Trinajstić information content (AvgIpc) is 2.35. The highest BCUT2D eigenvalue weighted by molar-refractivity contribution is 5.77. The van der Waals surface area contributed by atoms with Crippen LogP contribution in [0.4, 0.5) is 13.2 Å². The lowest BCUT2D eigenvalue weighted by Crippen LogP contribution is -2.04. The van der Waals surface area contributed by atoms with Gasteiger partial charge in [-0.05, 0) is 18.2 Å². The molecule has 0 spiro atoms. The van der Waals surface area contributed by atoms with Crippen LogP contribution in [0.2, 0.25) is 0 Å². The fraction of sp³-hybridized carbons (Fsp3) is 0.100. The smallest absolute Gasteiger partial charge is 0.266 e. The Balaban J connectivity index is 2.74. The third-order valence-electron chi connectivity index (χ3n) is 1.98. The van der Waals surface area contributed by atoms with Crippen molar-refractivity contribution in [2.45, 2.75) is 6.18 Å². The van der Waals surface area contributed by atoms with Crippen molar-refractivity contribution in [3.05, 3.63) is 46.5 Å². The van der Waals surface area contributed by atoms with Crippen LogP contribution in [-0.2, 0) is 6.18 Å². The molecule has 0 aliphatic heterocycles. The summed E-state index contributed by atoms with van der Waals surface area (Å²) in [7, 11) is 0. The van der Waals surface area contributed by atoms with Gasteiger partial charge in [0.05, 0.1) is 17.3 Å². The molecule has 6 heteroatoms. The van der Waals surface area contributed by atoms with E-state index in [0.717, 1.165) is 24.4 Å². The summed E-state index contributed by atoms with van der Waals surface area (Å²) in [6, 6.07) is 2.95. The number of benzene rings is 1. The Hall–Kier alpha value is -1.98. The number of alkyl halides is 3. The molecule has 0 amide bonds. The van der Waals surface area contributed by atoms with E-state index < -0.39 is 17.3 Å². The molecule has 0 atom stereocenters. The highest BCUT2D eigenvalue weighted by Gasteiger charge is 2.30. The Morgan fingerprint density at radius 2 is 1.88 bits per heavy atom. The fourth-order valence-corrected chi connectivity index (χ4v) is 1.26. The largest absolute Gasteiger partial charge is 0.416 e. The normalized spacial score (nSPS) is 11.7. The minimum absolute atomic E-state index is 0.178. The van der Waals surface area contributed by atoms with Gasteiger partial charge in [-0.3, -0.25) is 9.78 Å². The molecule has 0 fully saturated rings. The first-order valence-corrected chi connectivity index (χ1v) is 4.30. The number of hydrogen-bond acceptors (Lipinski definition) is 3. The van der Waals surface area contributed by atoms with Crippen molar-refractivity contribution in [2.24, 2.45) is 0 Å².